The lowest BCUT2D eigenvalue weighted by Crippen LogP contribution is -2.41. The highest BCUT2D eigenvalue weighted by molar-refractivity contribution is 5.95. The highest BCUT2D eigenvalue weighted by atomic mass is 16.2. The molecule has 0 radical (unpaired) electrons. The van der Waals surface area contributed by atoms with Crippen LogP contribution in [0.1, 0.15) is 81.2 Å². The molecule has 4 heterocycles. The summed E-state index contributed by atoms with van der Waals surface area (Å²) in [4.78, 5) is 43.8. The fraction of sp³-hybridized carbons (Fsp3) is 0.577. The first-order valence-electron chi connectivity index (χ1n) is 12.3. The van der Waals surface area contributed by atoms with E-state index in [0.29, 0.717) is 37.5 Å². The van der Waals surface area contributed by atoms with E-state index in [4.69, 9.17) is 9.97 Å². The Morgan fingerprint density at radius 1 is 1.18 bits per heavy atom. The molecule has 4 rings (SSSR count). The van der Waals surface area contributed by atoms with Gasteiger partial charge in [0, 0.05) is 49.1 Å². The van der Waals surface area contributed by atoms with Crippen molar-refractivity contribution in [3.05, 3.63) is 47.2 Å². The molecule has 2 aromatic rings. The second-order valence-electron chi connectivity index (χ2n) is 9.64. The van der Waals surface area contributed by atoms with E-state index < -0.39 is 0 Å². The molecular formula is C26H35N5O2. The predicted molar refractivity (Wildman–Crippen MR) is 128 cm³/mol. The van der Waals surface area contributed by atoms with Gasteiger partial charge in [-0.2, -0.15) is 0 Å². The molecule has 0 aliphatic carbocycles. The fourth-order valence-corrected chi connectivity index (χ4v) is 4.91. The van der Waals surface area contributed by atoms with E-state index in [9.17, 15) is 9.59 Å². The molecule has 7 nitrogen and oxygen atoms in total. The summed E-state index contributed by atoms with van der Waals surface area (Å²) in [5, 5.41) is 0. The van der Waals surface area contributed by atoms with Crippen molar-refractivity contribution < 1.29 is 9.59 Å². The molecule has 0 saturated carbocycles. The van der Waals surface area contributed by atoms with Crippen molar-refractivity contribution >= 4 is 17.6 Å². The van der Waals surface area contributed by atoms with E-state index in [-0.39, 0.29) is 17.9 Å². The van der Waals surface area contributed by atoms with E-state index >= 15 is 0 Å². The van der Waals surface area contributed by atoms with Crippen molar-refractivity contribution in [2.24, 2.45) is 5.92 Å². The third kappa shape index (κ3) is 5.40. The highest BCUT2D eigenvalue weighted by Crippen LogP contribution is 2.34. The number of pyridine rings is 1. The van der Waals surface area contributed by atoms with Gasteiger partial charge in [0.1, 0.15) is 5.82 Å². The number of hydrogen-bond acceptors (Lipinski definition) is 5. The van der Waals surface area contributed by atoms with Gasteiger partial charge in [-0.25, -0.2) is 9.97 Å². The number of anilines is 1. The molecule has 0 unspecified atom stereocenters. The van der Waals surface area contributed by atoms with Crippen LogP contribution in [0.25, 0.3) is 0 Å². The number of fused-ring (bicyclic) bond motifs is 1. The van der Waals surface area contributed by atoms with Crippen molar-refractivity contribution in [1.82, 2.24) is 19.9 Å². The number of rotatable bonds is 7. The molecule has 7 heteroatoms. The van der Waals surface area contributed by atoms with E-state index in [1.165, 1.54) is 0 Å². The highest BCUT2D eigenvalue weighted by Gasteiger charge is 2.33. The Morgan fingerprint density at radius 2 is 2.03 bits per heavy atom. The van der Waals surface area contributed by atoms with Gasteiger partial charge >= 0.3 is 0 Å². The van der Waals surface area contributed by atoms with Crippen LogP contribution in [-0.4, -0.2) is 44.8 Å². The lowest BCUT2D eigenvalue weighted by molar-refractivity contribution is -0.135. The maximum absolute atomic E-state index is 13.2. The van der Waals surface area contributed by atoms with E-state index in [1.54, 1.807) is 6.20 Å². The van der Waals surface area contributed by atoms with Crippen LogP contribution < -0.4 is 4.90 Å². The lowest BCUT2D eigenvalue weighted by atomic mass is 9.98. The van der Waals surface area contributed by atoms with Gasteiger partial charge < -0.3 is 4.90 Å². The summed E-state index contributed by atoms with van der Waals surface area (Å²) in [6.45, 7) is 7.63. The van der Waals surface area contributed by atoms with E-state index in [2.05, 4.69) is 18.8 Å². The molecule has 1 atom stereocenters. The van der Waals surface area contributed by atoms with Crippen LogP contribution in [0.5, 0.6) is 0 Å². The SMILES string of the molecule is Cc1nc([C@@H]2CCCCN2C(=O)CCCc2ccccn2)nc2c1CCC(=O)N2CC(C)C. The molecule has 33 heavy (non-hydrogen) atoms. The van der Waals surface area contributed by atoms with Gasteiger partial charge in [0.15, 0.2) is 5.82 Å². The van der Waals surface area contributed by atoms with Gasteiger partial charge in [-0.1, -0.05) is 19.9 Å². The molecule has 0 N–H and O–H groups in total. The van der Waals surface area contributed by atoms with Crippen molar-refractivity contribution in [3.63, 3.8) is 0 Å². The predicted octanol–water partition coefficient (Wildman–Crippen LogP) is 4.19. The first-order valence-corrected chi connectivity index (χ1v) is 12.3. The second kappa shape index (κ2) is 10.4. The third-order valence-corrected chi connectivity index (χ3v) is 6.57. The summed E-state index contributed by atoms with van der Waals surface area (Å²) in [6.07, 6.45) is 7.98. The summed E-state index contributed by atoms with van der Waals surface area (Å²) >= 11 is 0. The first-order chi connectivity index (χ1) is 15.9. The normalized spacial score (nSPS) is 18.5. The average Bonchev–Trinajstić information content (AvgIpc) is 2.81. The largest absolute Gasteiger partial charge is 0.332 e. The van der Waals surface area contributed by atoms with Crippen molar-refractivity contribution in [3.8, 4) is 0 Å². The Balaban J connectivity index is 1.53. The van der Waals surface area contributed by atoms with E-state index in [0.717, 1.165) is 61.4 Å². The van der Waals surface area contributed by atoms with Crippen LogP contribution in [-0.2, 0) is 22.4 Å². The average molecular weight is 450 g/mol. The quantitative estimate of drug-likeness (QED) is 0.633. The molecule has 0 aromatic carbocycles. The summed E-state index contributed by atoms with van der Waals surface area (Å²) in [6, 6.07) is 5.77. The van der Waals surface area contributed by atoms with Gasteiger partial charge in [-0.3, -0.25) is 19.5 Å². The zero-order valence-corrected chi connectivity index (χ0v) is 20.1. The molecule has 0 spiro atoms. The molecule has 2 aliphatic heterocycles. The van der Waals surface area contributed by atoms with Crippen LogP contribution in [0.15, 0.2) is 24.4 Å². The maximum atomic E-state index is 13.2. The van der Waals surface area contributed by atoms with Crippen molar-refractivity contribution in [1.29, 1.82) is 0 Å². The van der Waals surface area contributed by atoms with Gasteiger partial charge in [0.2, 0.25) is 11.8 Å². The maximum Gasteiger partial charge on any atom is 0.228 e. The van der Waals surface area contributed by atoms with Gasteiger partial charge in [-0.15, -0.1) is 0 Å². The first kappa shape index (κ1) is 23.3. The van der Waals surface area contributed by atoms with Crippen molar-refractivity contribution in [2.45, 2.75) is 78.2 Å². The molecule has 1 saturated heterocycles. The van der Waals surface area contributed by atoms with Crippen molar-refractivity contribution in [2.75, 3.05) is 18.0 Å². The number of carbonyl (C=O) groups excluding carboxylic acids is 2. The minimum absolute atomic E-state index is 0.122. The van der Waals surface area contributed by atoms with Crippen LogP contribution in [0.4, 0.5) is 5.82 Å². The van der Waals surface area contributed by atoms with E-state index in [1.807, 2.05) is 34.9 Å². The van der Waals surface area contributed by atoms with Crippen LogP contribution >= 0.6 is 0 Å². The number of likely N-dealkylation sites (tertiary alicyclic amines) is 1. The molecule has 0 bridgehead atoms. The molecule has 2 amide bonds. The summed E-state index contributed by atoms with van der Waals surface area (Å²) < 4.78 is 0. The molecule has 2 aliphatic rings. The minimum Gasteiger partial charge on any atom is -0.332 e. The molecule has 176 valence electrons. The standard InChI is InChI=1S/C26H35N5O2/c1-18(2)17-31-24(33)14-13-21-19(3)28-25(29-26(21)31)22-11-5-7-16-30(22)23(32)12-8-10-20-9-4-6-15-27-20/h4,6,9,15,18,22H,5,7-8,10-14,16-17H2,1-3H3/t22-/m0/s1. The molecule has 2 aromatic heterocycles. The lowest BCUT2D eigenvalue weighted by Gasteiger charge is -2.36. The molecule has 1 fully saturated rings. The van der Waals surface area contributed by atoms with Crippen LogP contribution in [0.3, 0.4) is 0 Å². The zero-order chi connectivity index (χ0) is 23.4. The second-order valence-corrected chi connectivity index (χ2v) is 9.64. The number of piperidine rings is 1. The Labute approximate surface area is 196 Å². The summed E-state index contributed by atoms with van der Waals surface area (Å²) in [5.74, 6) is 2.09. The van der Waals surface area contributed by atoms with Gasteiger partial charge in [0.05, 0.1) is 6.04 Å². The number of hydrogen-bond donors (Lipinski definition) is 0. The summed E-state index contributed by atoms with van der Waals surface area (Å²) in [7, 11) is 0. The topological polar surface area (TPSA) is 79.3 Å². The number of nitrogens with zero attached hydrogens (tertiary/aromatic N) is 5. The monoisotopic (exact) mass is 449 g/mol. The Bertz CT molecular complexity index is 992. The zero-order valence-electron chi connectivity index (χ0n) is 20.1. The van der Waals surface area contributed by atoms with Crippen LogP contribution in [0, 0.1) is 12.8 Å². The number of amides is 2. The molecular weight excluding hydrogens is 414 g/mol. The third-order valence-electron chi connectivity index (χ3n) is 6.57. The van der Waals surface area contributed by atoms with Gasteiger partial charge in [0.25, 0.3) is 0 Å². The number of carbonyl (C=O) groups is 2. The Hall–Kier alpha value is -2.83. The fourth-order valence-electron chi connectivity index (χ4n) is 4.91. The Morgan fingerprint density at radius 3 is 2.79 bits per heavy atom. The smallest absolute Gasteiger partial charge is 0.228 e. The Kier molecular flexibility index (Phi) is 7.36. The summed E-state index contributed by atoms with van der Waals surface area (Å²) in [5.41, 5.74) is 3.02. The van der Waals surface area contributed by atoms with Gasteiger partial charge in [-0.05, 0) is 63.5 Å². The number of aromatic nitrogens is 3. The minimum atomic E-state index is -0.122. The number of aryl methyl sites for hydroxylation is 2. The van der Waals surface area contributed by atoms with Crippen LogP contribution in [0.2, 0.25) is 0 Å².